The van der Waals surface area contributed by atoms with Gasteiger partial charge in [0, 0.05) is 11.1 Å². The highest BCUT2D eigenvalue weighted by Crippen LogP contribution is 2.21. The summed E-state index contributed by atoms with van der Waals surface area (Å²) in [6.45, 7) is 2.96. The lowest BCUT2D eigenvalue weighted by atomic mass is 10.1. The largest absolute Gasteiger partial charge is 0.478 e. The fourth-order valence-electron chi connectivity index (χ4n) is 2.45. The van der Waals surface area contributed by atoms with Gasteiger partial charge in [0.25, 0.3) is 0 Å². The van der Waals surface area contributed by atoms with Crippen molar-refractivity contribution in [3.8, 4) is 5.75 Å². The number of fused-ring (bicyclic) bond motifs is 1. The molecule has 0 saturated heterocycles. The molecule has 0 unspecified atom stereocenters. The Morgan fingerprint density at radius 2 is 1.85 bits per heavy atom. The van der Waals surface area contributed by atoms with Crippen LogP contribution in [0.15, 0.2) is 59.2 Å². The molecule has 6 nitrogen and oxygen atoms in total. The number of nitrogens with one attached hydrogen (secondary N) is 1. The maximum Gasteiger partial charge on any atom is 0.347 e. The minimum absolute atomic E-state index is 0.146. The van der Waals surface area contributed by atoms with E-state index < -0.39 is 11.6 Å². The fraction of sp³-hybridized carbons (Fsp3) is 0.200. The number of aliphatic carboxylic acids is 1. The van der Waals surface area contributed by atoms with Gasteiger partial charge in [-0.1, -0.05) is 12.1 Å². The Kier molecular flexibility index (Phi) is 4.67. The topological polar surface area (TPSA) is 88.8 Å². The zero-order valence-electron chi connectivity index (χ0n) is 14.5. The number of benzene rings is 2. The van der Waals surface area contributed by atoms with Crippen LogP contribution < -0.4 is 10.1 Å². The van der Waals surface area contributed by atoms with Gasteiger partial charge in [-0.05, 0) is 55.8 Å². The summed E-state index contributed by atoms with van der Waals surface area (Å²) in [5.41, 5.74) is 0.951. The SMILES string of the molecule is CC(C)(Oc1ccc(CC(=O)Nc2ccc3occc3c2)cc1)C(=O)O. The van der Waals surface area contributed by atoms with Crippen molar-refractivity contribution >= 4 is 28.5 Å². The van der Waals surface area contributed by atoms with Crippen molar-refractivity contribution in [1.29, 1.82) is 0 Å². The lowest BCUT2D eigenvalue weighted by Crippen LogP contribution is -2.37. The molecule has 0 bridgehead atoms. The molecule has 1 amide bonds. The standard InChI is InChI=1S/C20H19NO5/c1-20(2,19(23)24)26-16-6-3-13(4-7-16)11-18(22)21-15-5-8-17-14(12-15)9-10-25-17/h3-10,12H,11H2,1-2H3,(H,21,22)(H,23,24). The summed E-state index contributed by atoms with van der Waals surface area (Å²) in [5, 5.41) is 12.9. The number of furan rings is 1. The van der Waals surface area contributed by atoms with Gasteiger partial charge in [0.15, 0.2) is 5.60 Å². The second kappa shape index (κ2) is 6.92. The van der Waals surface area contributed by atoms with Crippen molar-refractivity contribution in [2.75, 3.05) is 5.32 Å². The first-order valence-corrected chi connectivity index (χ1v) is 8.12. The first-order chi connectivity index (χ1) is 12.3. The van der Waals surface area contributed by atoms with Gasteiger partial charge in [-0.2, -0.15) is 0 Å². The summed E-state index contributed by atoms with van der Waals surface area (Å²) in [6.07, 6.45) is 1.80. The van der Waals surface area contributed by atoms with E-state index in [1.54, 1.807) is 42.7 Å². The van der Waals surface area contributed by atoms with E-state index in [-0.39, 0.29) is 12.3 Å². The molecule has 0 fully saturated rings. The van der Waals surface area contributed by atoms with Gasteiger partial charge in [0.05, 0.1) is 12.7 Å². The summed E-state index contributed by atoms with van der Waals surface area (Å²) in [6, 6.07) is 14.1. The summed E-state index contributed by atoms with van der Waals surface area (Å²) < 4.78 is 10.7. The molecule has 134 valence electrons. The smallest absolute Gasteiger partial charge is 0.347 e. The third-order valence-corrected chi connectivity index (χ3v) is 3.91. The van der Waals surface area contributed by atoms with Crippen LogP contribution >= 0.6 is 0 Å². The highest BCUT2D eigenvalue weighted by molar-refractivity contribution is 5.94. The molecule has 0 radical (unpaired) electrons. The Bertz CT molecular complexity index is 940. The van der Waals surface area contributed by atoms with E-state index in [1.165, 1.54) is 13.8 Å². The van der Waals surface area contributed by atoms with Crippen molar-refractivity contribution in [3.63, 3.8) is 0 Å². The first-order valence-electron chi connectivity index (χ1n) is 8.12. The van der Waals surface area contributed by atoms with E-state index in [0.29, 0.717) is 11.4 Å². The van der Waals surface area contributed by atoms with Crippen LogP contribution in [0.25, 0.3) is 11.0 Å². The maximum atomic E-state index is 12.2. The Hall–Kier alpha value is -3.28. The lowest BCUT2D eigenvalue weighted by molar-refractivity contribution is -0.152. The van der Waals surface area contributed by atoms with Gasteiger partial charge in [-0.15, -0.1) is 0 Å². The molecule has 3 aromatic rings. The summed E-state index contributed by atoms with van der Waals surface area (Å²) in [4.78, 5) is 23.3. The van der Waals surface area contributed by atoms with Crippen LogP contribution in [-0.2, 0) is 16.0 Å². The Morgan fingerprint density at radius 1 is 1.12 bits per heavy atom. The van der Waals surface area contributed by atoms with Crippen molar-refractivity contribution in [1.82, 2.24) is 0 Å². The number of carboxylic acid groups (broad SMARTS) is 1. The number of carbonyl (C=O) groups excluding carboxylic acids is 1. The number of amides is 1. The second-order valence-corrected chi connectivity index (χ2v) is 6.46. The predicted molar refractivity (Wildman–Crippen MR) is 97.3 cm³/mol. The van der Waals surface area contributed by atoms with Crippen LogP contribution in [0.3, 0.4) is 0 Å². The third-order valence-electron chi connectivity index (χ3n) is 3.91. The Balaban J connectivity index is 1.61. The second-order valence-electron chi connectivity index (χ2n) is 6.46. The van der Waals surface area contributed by atoms with E-state index in [2.05, 4.69) is 5.32 Å². The Morgan fingerprint density at radius 3 is 2.54 bits per heavy atom. The van der Waals surface area contributed by atoms with E-state index in [4.69, 9.17) is 14.3 Å². The quantitative estimate of drug-likeness (QED) is 0.702. The van der Waals surface area contributed by atoms with Gasteiger partial charge < -0.3 is 19.6 Å². The molecule has 2 aromatic carbocycles. The zero-order chi connectivity index (χ0) is 18.7. The van der Waals surface area contributed by atoms with Crippen molar-refractivity contribution in [3.05, 3.63) is 60.4 Å². The summed E-state index contributed by atoms with van der Waals surface area (Å²) >= 11 is 0. The average Bonchev–Trinajstić information content (AvgIpc) is 3.04. The molecule has 2 N–H and O–H groups in total. The number of carboxylic acids is 1. The molecular formula is C20H19NO5. The molecule has 0 aliphatic carbocycles. The molecule has 3 rings (SSSR count). The lowest BCUT2D eigenvalue weighted by Gasteiger charge is -2.21. The molecule has 6 heteroatoms. The van der Waals surface area contributed by atoms with Gasteiger partial charge in [0.1, 0.15) is 11.3 Å². The van der Waals surface area contributed by atoms with Crippen LogP contribution in [0.2, 0.25) is 0 Å². The highest BCUT2D eigenvalue weighted by Gasteiger charge is 2.29. The van der Waals surface area contributed by atoms with Crippen LogP contribution in [0, 0.1) is 0 Å². The van der Waals surface area contributed by atoms with Gasteiger partial charge in [-0.25, -0.2) is 4.79 Å². The number of rotatable bonds is 6. The molecule has 1 aromatic heterocycles. The fourth-order valence-corrected chi connectivity index (χ4v) is 2.45. The number of carbonyl (C=O) groups is 2. The molecule has 26 heavy (non-hydrogen) atoms. The normalized spacial score (nSPS) is 11.3. The predicted octanol–water partition coefficient (Wildman–Crippen LogP) is 3.86. The van der Waals surface area contributed by atoms with Crippen LogP contribution in [0.1, 0.15) is 19.4 Å². The van der Waals surface area contributed by atoms with E-state index in [9.17, 15) is 9.59 Å². The molecular weight excluding hydrogens is 334 g/mol. The Labute approximate surface area is 150 Å². The maximum absolute atomic E-state index is 12.2. The number of ether oxygens (including phenoxy) is 1. The first kappa shape index (κ1) is 17.5. The van der Waals surface area contributed by atoms with E-state index in [1.807, 2.05) is 12.1 Å². The molecule has 0 aliphatic heterocycles. The van der Waals surface area contributed by atoms with Crippen LogP contribution in [0.5, 0.6) is 5.75 Å². The molecule has 0 spiro atoms. The summed E-state index contributed by atoms with van der Waals surface area (Å²) in [7, 11) is 0. The zero-order valence-corrected chi connectivity index (χ0v) is 14.5. The van der Waals surface area contributed by atoms with E-state index in [0.717, 1.165) is 16.5 Å². The molecule has 0 saturated carbocycles. The van der Waals surface area contributed by atoms with Gasteiger partial charge in [0.2, 0.25) is 5.91 Å². The van der Waals surface area contributed by atoms with Crippen molar-refractivity contribution in [2.24, 2.45) is 0 Å². The van der Waals surface area contributed by atoms with Crippen LogP contribution in [0.4, 0.5) is 5.69 Å². The third kappa shape index (κ3) is 4.03. The van der Waals surface area contributed by atoms with Crippen LogP contribution in [-0.4, -0.2) is 22.6 Å². The molecule has 0 atom stereocenters. The monoisotopic (exact) mass is 353 g/mol. The minimum atomic E-state index is -1.31. The number of anilines is 1. The van der Waals surface area contributed by atoms with Gasteiger partial charge in [-0.3, -0.25) is 4.79 Å². The number of hydrogen-bond donors (Lipinski definition) is 2. The van der Waals surface area contributed by atoms with E-state index >= 15 is 0 Å². The average molecular weight is 353 g/mol. The van der Waals surface area contributed by atoms with Gasteiger partial charge >= 0.3 is 5.97 Å². The van der Waals surface area contributed by atoms with Crippen molar-refractivity contribution in [2.45, 2.75) is 25.9 Å². The molecule has 0 aliphatic rings. The summed E-state index contributed by atoms with van der Waals surface area (Å²) in [5.74, 6) is -0.755. The molecule has 1 heterocycles. The minimum Gasteiger partial charge on any atom is -0.478 e. The number of hydrogen-bond acceptors (Lipinski definition) is 4. The highest BCUT2D eigenvalue weighted by atomic mass is 16.5. The van der Waals surface area contributed by atoms with Crippen molar-refractivity contribution < 1.29 is 23.8 Å².